The maximum Gasteiger partial charge on any atom is 0.0731 e. The van der Waals surface area contributed by atoms with Gasteiger partial charge in [-0.1, -0.05) is 52.3 Å². The van der Waals surface area contributed by atoms with Gasteiger partial charge >= 0.3 is 0 Å². The highest BCUT2D eigenvalue weighted by molar-refractivity contribution is 9.10. The molecule has 0 amide bonds. The first-order chi connectivity index (χ1) is 9.79. The van der Waals surface area contributed by atoms with Gasteiger partial charge in [-0.05, 0) is 23.1 Å². The summed E-state index contributed by atoms with van der Waals surface area (Å²) in [7, 11) is 0. The van der Waals surface area contributed by atoms with Crippen molar-refractivity contribution in [1.29, 1.82) is 0 Å². The average molecular weight is 328 g/mol. The van der Waals surface area contributed by atoms with E-state index in [2.05, 4.69) is 50.6 Å². The second kappa shape index (κ2) is 5.71. The Morgan fingerprint density at radius 3 is 2.70 bits per heavy atom. The Hall–Kier alpha value is -1.75. The summed E-state index contributed by atoms with van der Waals surface area (Å²) in [6.45, 7) is 0. The number of hydrogen-bond donors (Lipinski definition) is 2. The smallest absolute Gasteiger partial charge is 0.0731 e. The fourth-order valence-electron chi connectivity index (χ4n) is 2.42. The van der Waals surface area contributed by atoms with Crippen LogP contribution in [0.2, 0.25) is 0 Å². The van der Waals surface area contributed by atoms with Gasteiger partial charge in [0.25, 0.3) is 0 Å². The Balaban J connectivity index is 2.17. The van der Waals surface area contributed by atoms with Crippen molar-refractivity contribution in [3.05, 3.63) is 76.5 Å². The molecule has 1 atom stereocenters. The molecule has 0 saturated carbocycles. The molecule has 1 heterocycles. The molecule has 0 radical (unpaired) electrons. The van der Waals surface area contributed by atoms with Gasteiger partial charge < -0.3 is 0 Å². The van der Waals surface area contributed by atoms with Gasteiger partial charge in [0.1, 0.15) is 0 Å². The standard InChI is InChI=1S/C16H14BrN3/c17-13-6-3-5-11(8-13)16(20-18)15-10-19-9-12-4-1-2-7-14(12)15/h1-10,16,20H,18H2. The minimum Gasteiger partial charge on any atom is -0.271 e. The Bertz CT molecular complexity index is 737. The molecule has 1 unspecified atom stereocenters. The maximum atomic E-state index is 5.78. The molecule has 3 rings (SSSR count). The molecule has 0 spiro atoms. The van der Waals surface area contributed by atoms with E-state index < -0.39 is 0 Å². The monoisotopic (exact) mass is 327 g/mol. The normalized spacial score (nSPS) is 12.5. The number of hydrazine groups is 1. The van der Waals surface area contributed by atoms with Gasteiger partial charge in [-0.15, -0.1) is 0 Å². The lowest BCUT2D eigenvalue weighted by Gasteiger charge is -2.18. The Labute approximate surface area is 125 Å². The summed E-state index contributed by atoms with van der Waals surface area (Å²) < 4.78 is 1.03. The third-order valence-electron chi connectivity index (χ3n) is 3.36. The van der Waals surface area contributed by atoms with E-state index in [-0.39, 0.29) is 6.04 Å². The van der Waals surface area contributed by atoms with E-state index in [1.165, 1.54) is 0 Å². The molecule has 3 aromatic rings. The van der Waals surface area contributed by atoms with Gasteiger partial charge in [-0.25, -0.2) is 5.43 Å². The van der Waals surface area contributed by atoms with E-state index in [1.807, 2.05) is 36.7 Å². The Morgan fingerprint density at radius 1 is 1.05 bits per heavy atom. The molecule has 0 fully saturated rings. The van der Waals surface area contributed by atoms with Crippen molar-refractivity contribution in [3.63, 3.8) is 0 Å². The minimum atomic E-state index is -0.0916. The molecular weight excluding hydrogens is 314 g/mol. The zero-order valence-electron chi connectivity index (χ0n) is 10.8. The number of aromatic nitrogens is 1. The van der Waals surface area contributed by atoms with Crippen LogP contribution in [0, 0.1) is 0 Å². The zero-order chi connectivity index (χ0) is 13.9. The molecule has 100 valence electrons. The van der Waals surface area contributed by atoms with Crippen molar-refractivity contribution in [2.75, 3.05) is 0 Å². The first-order valence-corrected chi connectivity index (χ1v) is 7.13. The first-order valence-electron chi connectivity index (χ1n) is 6.34. The van der Waals surface area contributed by atoms with E-state index in [9.17, 15) is 0 Å². The second-order valence-electron chi connectivity index (χ2n) is 4.60. The predicted molar refractivity (Wildman–Crippen MR) is 85.1 cm³/mol. The minimum absolute atomic E-state index is 0.0916. The number of benzene rings is 2. The van der Waals surface area contributed by atoms with Crippen LogP contribution in [0.15, 0.2) is 65.4 Å². The highest BCUT2D eigenvalue weighted by Gasteiger charge is 2.15. The lowest BCUT2D eigenvalue weighted by atomic mass is 9.96. The van der Waals surface area contributed by atoms with Crippen molar-refractivity contribution in [3.8, 4) is 0 Å². The number of fused-ring (bicyclic) bond motifs is 1. The summed E-state index contributed by atoms with van der Waals surface area (Å²) in [4.78, 5) is 4.32. The first kappa shape index (κ1) is 13.2. The molecule has 20 heavy (non-hydrogen) atoms. The lowest BCUT2D eigenvalue weighted by molar-refractivity contribution is 0.639. The number of nitrogens with two attached hydrogens (primary N) is 1. The van der Waals surface area contributed by atoms with E-state index >= 15 is 0 Å². The van der Waals surface area contributed by atoms with Crippen LogP contribution in [-0.4, -0.2) is 4.98 Å². The highest BCUT2D eigenvalue weighted by atomic mass is 79.9. The van der Waals surface area contributed by atoms with Crippen LogP contribution in [0.1, 0.15) is 17.2 Å². The maximum absolute atomic E-state index is 5.78. The van der Waals surface area contributed by atoms with Crippen LogP contribution in [0.4, 0.5) is 0 Å². The third kappa shape index (κ3) is 2.45. The number of nitrogens with one attached hydrogen (secondary N) is 1. The molecule has 3 N–H and O–H groups in total. The quantitative estimate of drug-likeness (QED) is 0.571. The zero-order valence-corrected chi connectivity index (χ0v) is 12.3. The molecular formula is C16H14BrN3. The van der Waals surface area contributed by atoms with Crippen LogP contribution in [0.3, 0.4) is 0 Å². The van der Waals surface area contributed by atoms with Crippen LogP contribution >= 0.6 is 15.9 Å². The molecule has 3 nitrogen and oxygen atoms in total. The van der Waals surface area contributed by atoms with Gasteiger partial charge in [-0.2, -0.15) is 0 Å². The predicted octanol–water partition coefficient (Wildman–Crippen LogP) is 3.55. The SMILES string of the molecule is NNC(c1cccc(Br)c1)c1cncc2ccccc12. The van der Waals surface area contributed by atoms with Crippen molar-refractivity contribution in [1.82, 2.24) is 10.4 Å². The van der Waals surface area contributed by atoms with Gasteiger partial charge in [0.2, 0.25) is 0 Å². The van der Waals surface area contributed by atoms with Gasteiger partial charge in [0.15, 0.2) is 0 Å². The molecule has 4 heteroatoms. The fraction of sp³-hybridized carbons (Fsp3) is 0.0625. The summed E-state index contributed by atoms with van der Waals surface area (Å²) >= 11 is 3.50. The highest BCUT2D eigenvalue weighted by Crippen LogP contribution is 2.28. The van der Waals surface area contributed by atoms with E-state index in [1.54, 1.807) is 0 Å². The summed E-state index contributed by atoms with van der Waals surface area (Å²) in [6, 6.07) is 16.2. The van der Waals surface area contributed by atoms with Crippen LogP contribution in [-0.2, 0) is 0 Å². The third-order valence-corrected chi connectivity index (χ3v) is 3.85. The van der Waals surface area contributed by atoms with Crippen molar-refractivity contribution >= 4 is 26.7 Å². The van der Waals surface area contributed by atoms with Crippen LogP contribution < -0.4 is 11.3 Å². The van der Waals surface area contributed by atoms with Gasteiger partial charge in [0, 0.05) is 27.8 Å². The fourth-order valence-corrected chi connectivity index (χ4v) is 2.84. The Kier molecular flexibility index (Phi) is 3.78. The largest absolute Gasteiger partial charge is 0.271 e. The van der Waals surface area contributed by atoms with Gasteiger partial charge in [-0.3, -0.25) is 10.8 Å². The van der Waals surface area contributed by atoms with Crippen molar-refractivity contribution in [2.45, 2.75) is 6.04 Å². The molecule has 0 aliphatic carbocycles. The summed E-state index contributed by atoms with van der Waals surface area (Å²) in [5.41, 5.74) is 5.06. The van der Waals surface area contributed by atoms with Crippen molar-refractivity contribution < 1.29 is 0 Å². The molecule has 0 aliphatic rings. The summed E-state index contributed by atoms with van der Waals surface area (Å²) in [5, 5.41) is 2.27. The van der Waals surface area contributed by atoms with E-state index in [4.69, 9.17) is 5.84 Å². The summed E-state index contributed by atoms with van der Waals surface area (Å²) in [6.07, 6.45) is 3.74. The van der Waals surface area contributed by atoms with Gasteiger partial charge in [0.05, 0.1) is 6.04 Å². The lowest BCUT2D eigenvalue weighted by Crippen LogP contribution is -2.29. The summed E-state index contributed by atoms with van der Waals surface area (Å²) in [5.74, 6) is 5.78. The number of nitrogens with zero attached hydrogens (tertiary/aromatic N) is 1. The van der Waals surface area contributed by atoms with E-state index in [0.29, 0.717) is 0 Å². The molecule has 0 saturated heterocycles. The molecule has 0 aliphatic heterocycles. The number of rotatable bonds is 3. The topological polar surface area (TPSA) is 50.9 Å². The number of pyridine rings is 1. The number of halogens is 1. The molecule has 1 aromatic heterocycles. The molecule has 0 bridgehead atoms. The molecule has 2 aromatic carbocycles. The average Bonchev–Trinajstić information content (AvgIpc) is 2.48. The Morgan fingerprint density at radius 2 is 1.90 bits per heavy atom. The number of hydrogen-bond acceptors (Lipinski definition) is 3. The van der Waals surface area contributed by atoms with Crippen LogP contribution in [0.25, 0.3) is 10.8 Å². The van der Waals surface area contributed by atoms with Crippen LogP contribution in [0.5, 0.6) is 0 Å². The van der Waals surface area contributed by atoms with Crippen molar-refractivity contribution in [2.24, 2.45) is 5.84 Å². The second-order valence-corrected chi connectivity index (χ2v) is 5.52. The van der Waals surface area contributed by atoms with E-state index in [0.717, 1.165) is 26.4 Å².